The Morgan fingerprint density at radius 3 is 3.04 bits per heavy atom. The van der Waals surface area contributed by atoms with E-state index in [2.05, 4.69) is 10.1 Å². The van der Waals surface area contributed by atoms with Crippen LogP contribution in [0.5, 0.6) is 0 Å². The maximum Gasteiger partial charge on any atom is 0.341 e. The molecule has 0 atom stereocenters. The van der Waals surface area contributed by atoms with Gasteiger partial charge in [-0.15, -0.1) is 11.3 Å². The Hall–Kier alpha value is -3.07. The van der Waals surface area contributed by atoms with Gasteiger partial charge in [-0.05, 0) is 6.92 Å². The van der Waals surface area contributed by atoms with Gasteiger partial charge in [-0.2, -0.15) is 5.10 Å². The third kappa shape index (κ3) is 3.89. The average molecular weight is 358 g/mol. The van der Waals surface area contributed by atoms with Gasteiger partial charge in [0, 0.05) is 29.3 Å². The van der Waals surface area contributed by atoms with Gasteiger partial charge < -0.3 is 4.74 Å². The summed E-state index contributed by atoms with van der Waals surface area (Å²) >= 11 is 1.42. The van der Waals surface area contributed by atoms with Crippen molar-refractivity contribution in [2.24, 2.45) is 0 Å². The minimum Gasteiger partial charge on any atom is -0.462 e. The highest BCUT2D eigenvalue weighted by molar-refractivity contribution is 7.09. The molecule has 2 heterocycles. The number of hydrogen-bond donors (Lipinski definition) is 0. The Kier molecular flexibility index (Phi) is 4.85. The van der Waals surface area contributed by atoms with Gasteiger partial charge in [0.15, 0.2) is 0 Å². The molecule has 1 aromatic carbocycles. The maximum absolute atomic E-state index is 11.6. The lowest BCUT2D eigenvalue weighted by Gasteiger charge is -1.98. The Labute approximate surface area is 146 Å². The van der Waals surface area contributed by atoms with Crippen molar-refractivity contribution in [3.05, 3.63) is 62.7 Å². The molecule has 3 rings (SSSR count). The smallest absolute Gasteiger partial charge is 0.341 e. The second-order valence-electron chi connectivity index (χ2n) is 5.08. The van der Waals surface area contributed by atoms with E-state index in [1.807, 2.05) is 5.38 Å². The molecule has 2 aromatic heterocycles. The van der Waals surface area contributed by atoms with Gasteiger partial charge in [0.05, 0.1) is 35.5 Å². The first kappa shape index (κ1) is 16.8. The van der Waals surface area contributed by atoms with Crippen LogP contribution >= 0.6 is 11.3 Å². The molecule has 3 aromatic rings. The van der Waals surface area contributed by atoms with Gasteiger partial charge in [-0.25, -0.2) is 9.78 Å². The normalized spacial score (nSPS) is 10.6. The number of rotatable bonds is 6. The van der Waals surface area contributed by atoms with E-state index < -0.39 is 10.9 Å². The number of carbonyl (C=O) groups excluding carboxylic acids is 1. The van der Waals surface area contributed by atoms with Crippen LogP contribution in [0.2, 0.25) is 0 Å². The van der Waals surface area contributed by atoms with E-state index in [-0.39, 0.29) is 5.69 Å². The van der Waals surface area contributed by atoms with Crippen molar-refractivity contribution in [2.45, 2.75) is 13.5 Å². The van der Waals surface area contributed by atoms with E-state index in [9.17, 15) is 14.9 Å². The molecule has 0 spiro atoms. The summed E-state index contributed by atoms with van der Waals surface area (Å²) in [7, 11) is 0. The van der Waals surface area contributed by atoms with Crippen molar-refractivity contribution >= 4 is 23.0 Å². The van der Waals surface area contributed by atoms with E-state index >= 15 is 0 Å². The number of aromatic nitrogens is 3. The molecular formula is C16H14N4O4S. The van der Waals surface area contributed by atoms with Crippen molar-refractivity contribution < 1.29 is 14.5 Å². The van der Waals surface area contributed by atoms with Crippen molar-refractivity contribution in [1.29, 1.82) is 0 Å². The second kappa shape index (κ2) is 7.22. The molecule has 0 amide bonds. The fourth-order valence-corrected chi connectivity index (χ4v) is 3.00. The van der Waals surface area contributed by atoms with Crippen LogP contribution in [0, 0.1) is 10.1 Å². The number of benzene rings is 1. The number of hydrogen-bond acceptors (Lipinski definition) is 7. The lowest BCUT2D eigenvalue weighted by molar-refractivity contribution is -0.384. The molecule has 0 aliphatic rings. The van der Waals surface area contributed by atoms with Crippen LogP contribution in [0.1, 0.15) is 22.3 Å². The predicted molar refractivity (Wildman–Crippen MR) is 91.5 cm³/mol. The molecule has 9 heteroatoms. The third-order valence-corrected chi connectivity index (χ3v) is 4.18. The topological polar surface area (TPSA) is 100 Å². The number of nitro benzene ring substituents is 1. The Morgan fingerprint density at radius 2 is 2.28 bits per heavy atom. The van der Waals surface area contributed by atoms with E-state index in [1.165, 1.54) is 29.7 Å². The first-order valence-electron chi connectivity index (χ1n) is 7.45. The number of non-ortho nitro benzene ring substituents is 1. The lowest BCUT2D eigenvalue weighted by Crippen LogP contribution is -2.04. The third-order valence-electron chi connectivity index (χ3n) is 3.35. The van der Waals surface area contributed by atoms with Crippen LogP contribution in [-0.2, 0) is 11.3 Å². The summed E-state index contributed by atoms with van der Waals surface area (Å²) in [5.74, 6) is -0.412. The standard InChI is InChI=1S/C16H14N4O4S/c1-2-24-16(21)12-7-17-19(8-12)9-15-18-14(10-25-15)11-4-3-5-13(6-11)20(22)23/h3-8,10H,2,9H2,1H3. The SMILES string of the molecule is CCOC(=O)c1cnn(Cc2nc(-c3cccc([N+](=O)[O-])c3)cs2)c1. The number of nitro groups is 1. The molecule has 0 saturated heterocycles. The first-order chi connectivity index (χ1) is 12.1. The summed E-state index contributed by atoms with van der Waals surface area (Å²) in [5, 5.41) is 17.6. The first-order valence-corrected chi connectivity index (χ1v) is 8.33. The molecule has 8 nitrogen and oxygen atoms in total. The van der Waals surface area contributed by atoms with Crippen molar-refractivity contribution in [1.82, 2.24) is 14.8 Å². The van der Waals surface area contributed by atoms with E-state index in [1.54, 1.807) is 29.9 Å². The van der Waals surface area contributed by atoms with Gasteiger partial charge in [0.1, 0.15) is 5.01 Å². The van der Waals surface area contributed by atoms with Crippen molar-refractivity contribution in [3.63, 3.8) is 0 Å². The fraction of sp³-hybridized carbons (Fsp3) is 0.188. The van der Waals surface area contributed by atoms with E-state index in [0.717, 1.165) is 5.01 Å². The highest BCUT2D eigenvalue weighted by Crippen LogP contribution is 2.25. The van der Waals surface area contributed by atoms with Gasteiger partial charge in [-0.3, -0.25) is 14.8 Å². The number of esters is 1. The van der Waals surface area contributed by atoms with Crippen LogP contribution in [-0.4, -0.2) is 32.3 Å². The van der Waals surface area contributed by atoms with E-state index in [0.29, 0.717) is 30.0 Å². The molecule has 0 radical (unpaired) electrons. The van der Waals surface area contributed by atoms with Crippen LogP contribution in [0.25, 0.3) is 11.3 Å². The molecule has 0 unspecified atom stereocenters. The number of nitrogens with zero attached hydrogens (tertiary/aromatic N) is 4. The molecule has 0 saturated carbocycles. The Morgan fingerprint density at radius 1 is 1.44 bits per heavy atom. The van der Waals surface area contributed by atoms with Crippen molar-refractivity contribution in [2.75, 3.05) is 6.61 Å². The quantitative estimate of drug-likeness (QED) is 0.381. The minimum absolute atomic E-state index is 0.0261. The fourth-order valence-electron chi connectivity index (χ4n) is 2.20. The largest absolute Gasteiger partial charge is 0.462 e. The summed E-state index contributed by atoms with van der Waals surface area (Å²) in [6.45, 7) is 2.45. The minimum atomic E-state index is -0.433. The van der Waals surface area contributed by atoms with Gasteiger partial charge >= 0.3 is 5.97 Å². The van der Waals surface area contributed by atoms with Gasteiger partial charge in [0.25, 0.3) is 5.69 Å². The van der Waals surface area contributed by atoms with Gasteiger partial charge in [-0.1, -0.05) is 12.1 Å². The van der Waals surface area contributed by atoms with Crippen LogP contribution in [0.3, 0.4) is 0 Å². The summed E-state index contributed by atoms with van der Waals surface area (Å²) in [4.78, 5) is 26.6. The number of ether oxygens (including phenoxy) is 1. The second-order valence-corrected chi connectivity index (χ2v) is 6.02. The van der Waals surface area contributed by atoms with Crippen LogP contribution < -0.4 is 0 Å². The summed E-state index contributed by atoms with van der Waals surface area (Å²) in [5.41, 5.74) is 1.77. The molecule has 0 bridgehead atoms. The van der Waals surface area contributed by atoms with Crippen LogP contribution in [0.15, 0.2) is 42.0 Å². The summed E-state index contributed by atoms with van der Waals surface area (Å²) in [6.07, 6.45) is 3.06. The number of thiazole rings is 1. The van der Waals surface area contributed by atoms with Crippen molar-refractivity contribution in [3.8, 4) is 11.3 Å². The summed E-state index contributed by atoms with van der Waals surface area (Å²) < 4.78 is 6.52. The zero-order chi connectivity index (χ0) is 17.8. The highest BCUT2D eigenvalue weighted by atomic mass is 32.1. The Bertz CT molecular complexity index is 918. The predicted octanol–water partition coefficient (Wildman–Crippen LogP) is 3.14. The lowest BCUT2D eigenvalue weighted by atomic mass is 10.1. The molecular weight excluding hydrogens is 344 g/mol. The van der Waals surface area contributed by atoms with Gasteiger partial charge in [0.2, 0.25) is 0 Å². The zero-order valence-electron chi connectivity index (χ0n) is 13.3. The molecule has 0 fully saturated rings. The Balaban J connectivity index is 1.75. The van der Waals surface area contributed by atoms with E-state index in [4.69, 9.17) is 4.74 Å². The number of carbonyl (C=O) groups is 1. The average Bonchev–Trinajstić information content (AvgIpc) is 3.25. The molecule has 25 heavy (non-hydrogen) atoms. The zero-order valence-corrected chi connectivity index (χ0v) is 14.1. The maximum atomic E-state index is 11.6. The van der Waals surface area contributed by atoms with Crippen LogP contribution in [0.4, 0.5) is 5.69 Å². The molecule has 0 N–H and O–H groups in total. The molecule has 128 valence electrons. The molecule has 0 aliphatic carbocycles. The highest BCUT2D eigenvalue weighted by Gasteiger charge is 2.12. The monoisotopic (exact) mass is 358 g/mol. The summed E-state index contributed by atoms with van der Waals surface area (Å²) in [6, 6.07) is 6.34. The molecule has 0 aliphatic heterocycles.